The SMILES string of the molecule is CC(C)(C)OC(=O)CCNCC#N. The molecule has 4 nitrogen and oxygen atoms in total. The fraction of sp³-hybridized carbons (Fsp3) is 0.778. The van der Waals surface area contributed by atoms with Crippen molar-refractivity contribution in [2.24, 2.45) is 0 Å². The van der Waals surface area contributed by atoms with Gasteiger partial charge in [-0.2, -0.15) is 5.26 Å². The Kier molecular flexibility index (Phi) is 5.09. The number of nitriles is 1. The van der Waals surface area contributed by atoms with E-state index in [0.29, 0.717) is 13.0 Å². The van der Waals surface area contributed by atoms with Crippen LogP contribution in [-0.2, 0) is 9.53 Å². The molecule has 0 bridgehead atoms. The Bertz CT molecular complexity index is 201. The Hall–Kier alpha value is -1.08. The summed E-state index contributed by atoms with van der Waals surface area (Å²) in [7, 11) is 0. The van der Waals surface area contributed by atoms with Crippen LogP contribution in [0.3, 0.4) is 0 Å². The number of carbonyl (C=O) groups is 1. The molecule has 1 N–H and O–H groups in total. The third-order valence-electron chi connectivity index (χ3n) is 1.13. The molecule has 74 valence electrons. The monoisotopic (exact) mass is 184 g/mol. The third kappa shape index (κ3) is 8.83. The van der Waals surface area contributed by atoms with Gasteiger partial charge >= 0.3 is 5.97 Å². The number of rotatable bonds is 4. The molecule has 0 aliphatic rings. The Labute approximate surface area is 78.9 Å². The van der Waals surface area contributed by atoms with Crippen molar-refractivity contribution in [3.8, 4) is 6.07 Å². The Morgan fingerprint density at radius 1 is 1.54 bits per heavy atom. The van der Waals surface area contributed by atoms with Crippen LogP contribution >= 0.6 is 0 Å². The second-order valence-corrected chi connectivity index (χ2v) is 3.67. The number of nitrogens with zero attached hydrogens (tertiary/aromatic N) is 1. The standard InChI is InChI=1S/C9H16N2O2/c1-9(2,3)13-8(12)4-6-11-7-5-10/h11H,4,6-7H2,1-3H3. The molecule has 0 aromatic rings. The first-order chi connectivity index (χ1) is 5.95. The van der Waals surface area contributed by atoms with Crippen LogP contribution in [0.2, 0.25) is 0 Å². The van der Waals surface area contributed by atoms with Gasteiger partial charge < -0.3 is 10.1 Å². The van der Waals surface area contributed by atoms with Gasteiger partial charge in [-0.25, -0.2) is 0 Å². The van der Waals surface area contributed by atoms with Crippen molar-refractivity contribution in [1.82, 2.24) is 5.32 Å². The van der Waals surface area contributed by atoms with Gasteiger partial charge in [0.05, 0.1) is 19.0 Å². The summed E-state index contributed by atoms with van der Waals surface area (Å²) >= 11 is 0. The van der Waals surface area contributed by atoms with Crippen LogP contribution in [0, 0.1) is 11.3 Å². The van der Waals surface area contributed by atoms with E-state index in [4.69, 9.17) is 10.00 Å². The predicted molar refractivity (Wildman–Crippen MR) is 48.9 cm³/mol. The summed E-state index contributed by atoms with van der Waals surface area (Å²) in [6.45, 7) is 6.24. The first kappa shape index (κ1) is 11.9. The second-order valence-electron chi connectivity index (χ2n) is 3.67. The Balaban J connectivity index is 3.48. The summed E-state index contributed by atoms with van der Waals surface area (Å²) < 4.78 is 5.06. The number of hydrogen-bond donors (Lipinski definition) is 1. The number of nitrogens with one attached hydrogen (secondary N) is 1. The van der Waals surface area contributed by atoms with Crippen LogP contribution in [0.25, 0.3) is 0 Å². The van der Waals surface area contributed by atoms with Gasteiger partial charge in [0.15, 0.2) is 0 Å². The fourth-order valence-electron chi connectivity index (χ4n) is 0.727. The molecule has 4 heteroatoms. The van der Waals surface area contributed by atoms with E-state index >= 15 is 0 Å². The summed E-state index contributed by atoms with van der Waals surface area (Å²) in [4.78, 5) is 11.1. The van der Waals surface area contributed by atoms with Crippen molar-refractivity contribution < 1.29 is 9.53 Å². The molecule has 0 fully saturated rings. The zero-order chi connectivity index (χ0) is 10.3. The molecule has 0 saturated heterocycles. The minimum atomic E-state index is -0.424. The number of hydrogen-bond acceptors (Lipinski definition) is 4. The maximum Gasteiger partial charge on any atom is 0.307 e. The van der Waals surface area contributed by atoms with E-state index in [2.05, 4.69) is 5.32 Å². The van der Waals surface area contributed by atoms with E-state index in [0.717, 1.165) is 0 Å². The molecule has 0 rings (SSSR count). The van der Waals surface area contributed by atoms with E-state index in [1.165, 1.54) is 0 Å². The molecular weight excluding hydrogens is 168 g/mol. The summed E-state index contributed by atoms with van der Waals surface area (Å²) in [6, 6.07) is 1.93. The van der Waals surface area contributed by atoms with E-state index < -0.39 is 5.60 Å². The first-order valence-electron chi connectivity index (χ1n) is 4.25. The van der Waals surface area contributed by atoms with Gasteiger partial charge in [-0.15, -0.1) is 0 Å². The molecular formula is C9H16N2O2. The van der Waals surface area contributed by atoms with Crippen molar-refractivity contribution in [2.45, 2.75) is 32.8 Å². The lowest BCUT2D eigenvalue weighted by Crippen LogP contribution is -2.26. The normalized spacial score (nSPS) is 10.6. The highest BCUT2D eigenvalue weighted by Crippen LogP contribution is 2.07. The smallest absolute Gasteiger partial charge is 0.307 e. The molecule has 0 aliphatic heterocycles. The van der Waals surface area contributed by atoms with Crippen molar-refractivity contribution in [3.63, 3.8) is 0 Å². The minimum absolute atomic E-state index is 0.238. The van der Waals surface area contributed by atoms with Crippen LogP contribution in [0.5, 0.6) is 0 Å². The highest BCUT2D eigenvalue weighted by atomic mass is 16.6. The van der Waals surface area contributed by atoms with Gasteiger partial charge in [-0.3, -0.25) is 4.79 Å². The fourth-order valence-corrected chi connectivity index (χ4v) is 0.727. The highest BCUT2D eigenvalue weighted by molar-refractivity contribution is 5.70. The number of carbonyl (C=O) groups excluding carboxylic acids is 1. The van der Waals surface area contributed by atoms with Crippen molar-refractivity contribution in [2.75, 3.05) is 13.1 Å². The Morgan fingerprint density at radius 2 is 2.15 bits per heavy atom. The van der Waals surface area contributed by atoms with E-state index in [-0.39, 0.29) is 12.5 Å². The summed E-state index contributed by atoms with van der Waals surface area (Å²) in [5, 5.41) is 11.0. The lowest BCUT2D eigenvalue weighted by Gasteiger charge is -2.19. The molecule has 0 aromatic carbocycles. The Morgan fingerprint density at radius 3 is 2.62 bits per heavy atom. The van der Waals surface area contributed by atoms with Gasteiger partial charge in [-0.1, -0.05) is 0 Å². The third-order valence-corrected chi connectivity index (χ3v) is 1.13. The zero-order valence-corrected chi connectivity index (χ0v) is 8.39. The quantitative estimate of drug-likeness (QED) is 0.399. The van der Waals surface area contributed by atoms with E-state index in [9.17, 15) is 4.79 Å². The summed E-state index contributed by atoms with van der Waals surface area (Å²) in [5.74, 6) is -0.238. The molecule has 0 radical (unpaired) electrons. The molecule has 0 saturated carbocycles. The van der Waals surface area contributed by atoms with Gasteiger partial charge in [0, 0.05) is 6.54 Å². The van der Waals surface area contributed by atoms with Crippen molar-refractivity contribution >= 4 is 5.97 Å². The molecule has 0 spiro atoms. The van der Waals surface area contributed by atoms with Gasteiger partial charge in [-0.05, 0) is 20.8 Å². The molecule has 13 heavy (non-hydrogen) atoms. The van der Waals surface area contributed by atoms with Crippen molar-refractivity contribution in [3.05, 3.63) is 0 Å². The van der Waals surface area contributed by atoms with Crippen LogP contribution in [0.15, 0.2) is 0 Å². The zero-order valence-electron chi connectivity index (χ0n) is 8.39. The lowest BCUT2D eigenvalue weighted by atomic mass is 10.2. The second kappa shape index (κ2) is 5.55. The van der Waals surface area contributed by atoms with E-state index in [1.54, 1.807) is 0 Å². The maximum atomic E-state index is 11.1. The first-order valence-corrected chi connectivity index (χ1v) is 4.25. The van der Waals surface area contributed by atoms with Crippen LogP contribution in [-0.4, -0.2) is 24.7 Å². The average Bonchev–Trinajstić information content (AvgIpc) is 1.94. The summed E-state index contributed by atoms with van der Waals surface area (Å²) in [5.41, 5.74) is -0.424. The molecule has 0 atom stereocenters. The van der Waals surface area contributed by atoms with Crippen LogP contribution in [0.1, 0.15) is 27.2 Å². The van der Waals surface area contributed by atoms with Crippen molar-refractivity contribution in [1.29, 1.82) is 5.26 Å². The highest BCUT2D eigenvalue weighted by Gasteiger charge is 2.15. The van der Waals surface area contributed by atoms with Crippen LogP contribution in [0.4, 0.5) is 0 Å². The van der Waals surface area contributed by atoms with Crippen LogP contribution < -0.4 is 5.32 Å². The minimum Gasteiger partial charge on any atom is -0.460 e. The molecule has 0 unspecified atom stereocenters. The largest absolute Gasteiger partial charge is 0.460 e. The summed E-state index contributed by atoms with van der Waals surface area (Å²) in [6.07, 6.45) is 0.305. The molecule has 0 amide bonds. The molecule has 0 aromatic heterocycles. The number of esters is 1. The predicted octanol–water partition coefficient (Wildman–Crippen LogP) is 0.831. The number of ether oxygens (including phenoxy) is 1. The van der Waals surface area contributed by atoms with Gasteiger partial charge in [0.1, 0.15) is 5.60 Å². The topological polar surface area (TPSA) is 62.1 Å². The van der Waals surface area contributed by atoms with Gasteiger partial charge in [0.2, 0.25) is 0 Å². The average molecular weight is 184 g/mol. The van der Waals surface area contributed by atoms with Gasteiger partial charge in [0.25, 0.3) is 0 Å². The molecule has 0 aliphatic carbocycles. The lowest BCUT2D eigenvalue weighted by molar-refractivity contribution is -0.154. The molecule has 0 heterocycles. The van der Waals surface area contributed by atoms with E-state index in [1.807, 2.05) is 26.8 Å². The maximum absolute atomic E-state index is 11.1.